The molecule has 2 heterocycles. The van der Waals surface area contributed by atoms with Crippen LogP contribution in [0.15, 0.2) is 33.3 Å². The Kier molecular flexibility index (Phi) is 3.45. The van der Waals surface area contributed by atoms with E-state index in [0.717, 1.165) is 20.9 Å². The van der Waals surface area contributed by atoms with Gasteiger partial charge < -0.3 is 10.7 Å². The van der Waals surface area contributed by atoms with Gasteiger partial charge in [0.1, 0.15) is 5.69 Å². The van der Waals surface area contributed by atoms with Crippen molar-refractivity contribution in [2.75, 3.05) is 5.73 Å². The van der Waals surface area contributed by atoms with Crippen molar-refractivity contribution in [2.24, 2.45) is 0 Å². The number of aromatic nitrogens is 3. The van der Waals surface area contributed by atoms with Crippen molar-refractivity contribution < 1.29 is 0 Å². The molecule has 0 saturated heterocycles. The number of fused-ring (bicyclic) bond motifs is 1. The number of rotatable bonds is 3. The summed E-state index contributed by atoms with van der Waals surface area (Å²) in [7, 11) is 0. The number of anilines is 1. The molecule has 1 aromatic carbocycles. The molecule has 2 aromatic heterocycles. The van der Waals surface area contributed by atoms with Crippen LogP contribution in [0.2, 0.25) is 0 Å². The monoisotopic (exact) mass is 304 g/mol. The van der Waals surface area contributed by atoms with Crippen LogP contribution in [0.3, 0.4) is 0 Å². The fraction of sp³-hybridized carbons (Fsp3) is 0.154. The minimum Gasteiger partial charge on any atom is -0.375 e. The SMILES string of the molecule is Cc1nc(N)sc1SCc1nc2ccccc2[nH]c1=O. The lowest BCUT2D eigenvalue weighted by Crippen LogP contribution is -2.14. The van der Waals surface area contributed by atoms with Crippen LogP contribution in [0.1, 0.15) is 11.4 Å². The molecule has 3 N–H and O–H groups in total. The van der Waals surface area contributed by atoms with Crippen molar-refractivity contribution in [3.63, 3.8) is 0 Å². The van der Waals surface area contributed by atoms with E-state index in [2.05, 4.69) is 15.0 Å². The average molecular weight is 304 g/mol. The van der Waals surface area contributed by atoms with Crippen LogP contribution in [0.5, 0.6) is 0 Å². The van der Waals surface area contributed by atoms with Gasteiger partial charge in [0.25, 0.3) is 5.56 Å². The van der Waals surface area contributed by atoms with Crippen LogP contribution in [0, 0.1) is 6.92 Å². The van der Waals surface area contributed by atoms with E-state index < -0.39 is 0 Å². The first kappa shape index (κ1) is 13.1. The topological polar surface area (TPSA) is 84.7 Å². The molecule has 5 nitrogen and oxygen atoms in total. The molecule has 0 aliphatic carbocycles. The van der Waals surface area contributed by atoms with Gasteiger partial charge in [-0.1, -0.05) is 23.5 Å². The quantitative estimate of drug-likeness (QED) is 0.726. The van der Waals surface area contributed by atoms with Crippen molar-refractivity contribution in [2.45, 2.75) is 16.9 Å². The van der Waals surface area contributed by atoms with E-state index >= 15 is 0 Å². The summed E-state index contributed by atoms with van der Waals surface area (Å²) in [5.74, 6) is 0.503. The minimum atomic E-state index is -0.147. The summed E-state index contributed by atoms with van der Waals surface area (Å²) in [5.41, 5.74) is 8.48. The van der Waals surface area contributed by atoms with Crippen LogP contribution in [-0.2, 0) is 5.75 Å². The highest BCUT2D eigenvalue weighted by atomic mass is 32.2. The molecular formula is C13H12N4OS2. The van der Waals surface area contributed by atoms with Gasteiger partial charge in [0, 0.05) is 5.75 Å². The smallest absolute Gasteiger partial charge is 0.271 e. The molecule has 0 unspecified atom stereocenters. The van der Waals surface area contributed by atoms with Gasteiger partial charge in [-0.25, -0.2) is 9.97 Å². The van der Waals surface area contributed by atoms with Crippen molar-refractivity contribution >= 4 is 39.3 Å². The maximum Gasteiger partial charge on any atom is 0.271 e. The third-order valence-electron chi connectivity index (χ3n) is 2.78. The maximum atomic E-state index is 12.0. The van der Waals surface area contributed by atoms with E-state index in [9.17, 15) is 4.79 Å². The highest BCUT2D eigenvalue weighted by Gasteiger charge is 2.09. The Morgan fingerprint density at radius 2 is 2.15 bits per heavy atom. The fourth-order valence-electron chi connectivity index (χ4n) is 1.84. The van der Waals surface area contributed by atoms with E-state index in [-0.39, 0.29) is 5.56 Å². The number of nitrogens with two attached hydrogens (primary N) is 1. The summed E-state index contributed by atoms with van der Waals surface area (Å²) in [4.78, 5) is 23.4. The molecule has 0 atom stereocenters. The molecule has 0 amide bonds. The largest absolute Gasteiger partial charge is 0.375 e. The standard InChI is InChI=1S/C13H12N4OS2/c1-7-12(20-13(14)15-7)19-6-10-11(18)17-9-5-3-2-4-8(9)16-10/h2-5H,6H2,1H3,(H2,14,15)(H,17,18). The van der Waals surface area contributed by atoms with E-state index in [4.69, 9.17) is 5.73 Å². The molecule has 0 aliphatic heterocycles. The van der Waals surface area contributed by atoms with Crippen molar-refractivity contribution in [3.8, 4) is 0 Å². The fourth-order valence-corrected chi connectivity index (χ4v) is 3.79. The van der Waals surface area contributed by atoms with E-state index in [1.54, 1.807) is 0 Å². The second-order valence-corrected chi connectivity index (χ2v) is 6.52. The lowest BCUT2D eigenvalue weighted by atomic mass is 10.3. The maximum absolute atomic E-state index is 12.0. The van der Waals surface area contributed by atoms with Crippen LogP contribution >= 0.6 is 23.1 Å². The molecule has 20 heavy (non-hydrogen) atoms. The molecule has 0 radical (unpaired) electrons. The summed E-state index contributed by atoms with van der Waals surface area (Å²) in [6.45, 7) is 1.91. The van der Waals surface area contributed by atoms with E-state index in [1.165, 1.54) is 23.1 Å². The number of hydrogen-bond donors (Lipinski definition) is 2. The Morgan fingerprint density at radius 3 is 2.90 bits per heavy atom. The van der Waals surface area contributed by atoms with Gasteiger partial charge in [-0.3, -0.25) is 4.79 Å². The summed E-state index contributed by atoms with van der Waals surface area (Å²) in [6.07, 6.45) is 0. The first-order valence-corrected chi connectivity index (χ1v) is 7.77. The lowest BCUT2D eigenvalue weighted by molar-refractivity contribution is 1.10. The molecule has 0 fully saturated rings. The van der Waals surface area contributed by atoms with Crippen molar-refractivity contribution in [1.29, 1.82) is 0 Å². The lowest BCUT2D eigenvalue weighted by Gasteiger charge is -2.01. The van der Waals surface area contributed by atoms with Gasteiger partial charge in [-0.2, -0.15) is 0 Å². The Bertz CT molecular complexity index is 825. The summed E-state index contributed by atoms with van der Waals surface area (Å²) in [5, 5.41) is 0.547. The molecule has 0 saturated carbocycles. The molecule has 0 bridgehead atoms. The minimum absolute atomic E-state index is 0.147. The predicted molar refractivity (Wildman–Crippen MR) is 83.2 cm³/mol. The third kappa shape index (κ3) is 2.54. The second kappa shape index (κ2) is 5.26. The van der Waals surface area contributed by atoms with Gasteiger partial charge in [-0.05, 0) is 19.1 Å². The molecule has 3 aromatic rings. The highest BCUT2D eigenvalue weighted by molar-refractivity contribution is 8.00. The van der Waals surface area contributed by atoms with Crippen LogP contribution < -0.4 is 11.3 Å². The number of aryl methyl sites for hydroxylation is 1. The average Bonchev–Trinajstić information content (AvgIpc) is 2.74. The van der Waals surface area contributed by atoms with Crippen LogP contribution in [-0.4, -0.2) is 15.0 Å². The Morgan fingerprint density at radius 1 is 1.35 bits per heavy atom. The summed E-state index contributed by atoms with van der Waals surface area (Å²) in [6, 6.07) is 7.50. The predicted octanol–water partition coefficient (Wildman–Crippen LogP) is 2.56. The number of thiazole rings is 1. The number of aromatic amines is 1. The van der Waals surface area contributed by atoms with E-state index in [1.807, 2.05) is 31.2 Å². The number of nitrogen functional groups attached to an aromatic ring is 1. The summed E-state index contributed by atoms with van der Waals surface area (Å²) >= 11 is 2.97. The van der Waals surface area contributed by atoms with Gasteiger partial charge in [0.15, 0.2) is 5.13 Å². The number of nitrogens with one attached hydrogen (secondary N) is 1. The molecule has 0 aliphatic rings. The Balaban J connectivity index is 1.89. The Labute approximate surface area is 123 Å². The highest BCUT2D eigenvalue weighted by Crippen LogP contribution is 2.31. The second-order valence-electron chi connectivity index (χ2n) is 4.24. The number of para-hydroxylation sites is 2. The molecule has 102 valence electrons. The van der Waals surface area contributed by atoms with Crippen LogP contribution in [0.25, 0.3) is 11.0 Å². The van der Waals surface area contributed by atoms with Gasteiger partial charge >= 0.3 is 0 Å². The zero-order chi connectivity index (χ0) is 14.1. The summed E-state index contributed by atoms with van der Waals surface area (Å²) < 4.78 is 1.02. The first-order chi connectivity index (χ1) is 9.63. The third-order valence-corrected chi connectivity index (χ3v) is 5.14. The molecule has 0 spiro atoms. The number of nitrogens with zero attached hydrogens (tertiary/aromatic N) is 2. The van der Waals surface area contributed by atoms with Gasteiger partial charge in [0.05, 0.1) is 20.9 Å². The molecule has 7 heteroatoms. The Hall–Kier alpha value is -1.86. The number of thioether (sulfide) groups is 1. The number of hydrogen-bond acceptors (Lipinski definition) is 6. The number of benzene rings is 1. The van der Waals surface area contributed by atoms with Gasteiger partial charge in [0.2, 0.25) is 0 Å². The zero-order valence-electron chi connectivity index (χ0n) is 10.7. The molecule has 3 rings (SSSR count). The normalized spacial score (nSPS) is 11.1. The van der Waals surface area contributed by atoms with Crippen molar-refractivity contribution in [3.05, 3.63) is 46.0 Å². The van der Waals surface area contributed by atoms with Crippen molar-refractivity contribution in [1.82, 2.24) is 15.0 Å². The van der Waals surface area contributed by atoms with E-state index in [0.29, 0.717) is 16.6 Å². The zero-order valence-corrected chi connectivity index (χ0v) is 12.3. The van der Waals surface area contributed by atoms with Crippen LogP contribution in [0.4, 0.5) is 5.13 Å². The number of H-pyrrole nitrogens is 1. The van der Waals surface area contributed by atoms with Gasteiger partial charge in [-0.15, -0.1) is 11.8 Å². The molecular weight excluding hydrogens is 292 g/mol. The first-order valence-electron chi connectivity index (χ1n) is 5.97.